The molecule has 12 rings (SSSR count). The zero-order valence-electron chi connectivity index (χ0n) is 48.2. The van der Waals surface area contributed by atoms with Crippen molar-refractivity contribution in [3.63, 3.8) is 0 Å². The summed E-state index contributed by atoms with van der Waals surface area (Å²) in [7, 11) is 0. The highest BCUT2D eigenvalue weighted by atomic mass is 35.5. The molecule has 86 heavy (non-hydrogen) atoms. The Labute approximate surface area is 505 Å². The van der Waals surface area contributed by atoms with Crippen molar-refractivity contribution in [1.82, 2.24) is 56.2 Å². The van der Waals surface area contributed by atoms with Gasteiger partial charge in [0, 0.05) is 75.6 Å². The zero-order chi connectivity index (χ0) is 60.3. The number of carboxylic acids is 1. The molecule has 0 spiro atoms. The summed E-state index contributed by atoms with van der Waals surface area (Å²) in [6, 6.07) is 8.04. The van der Waals surface area contributed by atoms with E-state index in [1.807, 2.05) is 24.3 Å². The Hall–Kier alpha value is -8.21. The molecule has 0 radical (unpaired) electrons. The smallest absolute Gasteiger partial charge is 0.326 e. The highest BCUT2D eigenvalue weighted by molar-refractivity contribution is 6.00. The second-order valence-corrected chi connectivity index (χ2v) is 24.0. The maximum Gasteiger partial charge on any atom is 0.326 e. The van der Waals surface area contributed by atoms with E-state index in [1.54, 1.807) is 28.4 Å². The quantitative estimate of drug-likeness (QED) is 0.0778. The minimum atomic E-state index is -0.884. The summed E-state index contributed by atoms with van der Waals surface area (Å²) in [5.74, 6) is -1.17. The lowest BCUT2D eigenvalue weighted by Crippen LogP contribution is -2.54. The molecule has 25 nitrogen and oxygen atoms in total. The predicted octanol–water partition coefficient (Wildman–Crippen LogP) is 2.48. The predicted molar refractivity (Wildman–Crippen MR) is 311 cm³/mol. The van der Waals surface area contributed by atoms with Crippen LogP contribution in [-0.4, -0.2) is 164 Å². The summed E-state index contributed by atoms with van der Waals surface area (Å²) >= 11 is 0. The Kier molecular flexibility index (Phi) is 21.7. The van der Waals surface area contributed by atoms with E-state index in [1.165, 1.54) is 4.90 Å². The van der Waals surface area contributed by atoms with Crippen LogP contribution in [0.25, 0.3) is 0 Å². The number of carbonyl (C=O) groups is 9. The average molecular weight is 1200 g/mol. The zero-order valence-corrected chi connectivity index (χ0v) is 49.0. The number of nitrogens with zero attached hydrogens (tertiary/aromatic N) is 6. The summed E-state index contributed by atoms with van der Waals surface area (Å²) in [4.78, 5) is 124. The van der Waals surface area contributed by atoms with Gasteiger partial charge in [-0.2, -0.15) is 15.8 Å². The largest absolute Gasteiger partial charge is 0.480 e. The van der Waals surface area contributed by atoms with E-state index in [-0.39, 0.29) is 77.4 Å². The third-order valence-corrected chi connectivity index (χ3v) is 17.7. The number of aromatic amines is 3. The molecular formula is C60H78ClN15O10. The van der Waals surface area contributed by atoms with Crippen LogP contribution in [0.15, 0.2) is 36.8 Å². The number of nitrogens with one attached hydrogen (secondary N) is 8. The monoisotopic (exact) mass is 1200 g/mol. The van der Waals surface area contributed by atoms with Crippen molar-refractivity contribution in [2.45, 2.75) is 152 Å². The molecule has 6 aliphatic heterocycles. The van der Waals surface area contributed by atoms with E-state index in [2.05, 4.69) is 53.7 Å². The maximum absolute atomic E-state index is 13.1. The number of rotatable bonds is 20. The molecule has 3 saturated carbocycles. The van der Waals surface area contributed by atoms with Gasteiger partial charge in [-0.3, -0.25) is 38.4 Å². The Balaban J connectivity index is 0.000000156. The molecule has 3 aromatic heterocycles. The van der Waals surface area contributed by atoms with Crippen LogP contribution in [0.5, 0.6) is 0 Å². The minimum absolute atomic E-state index is 0. The summed E-state index contributed by atoms with van der Waals surface area (Å²) < 4.78 is 0. The molecule has 9 heterocycles. The fourth-order valence-electron chi connectivity index (χ4n) is 12.3. The first kappa shape index (κ1) is 63.8. The molecule has 0 aromatic carbocycles. The lowest BCUT2D eigenvalue weighted by atomic mass is 9.97. The fraction of sp³-hybridized carbons (Fsp3) is 0.600. The normalized spacial score (nSPS) is 23.0. The number of nitrogens with two attached hydrogens (primary N) is 1. The van der Waals surface area contributed by atoms with Gasteiger partial charge < -0.3 is 67.1 Å². The van der Waals surface area contributed by atoms with Crippen molar-refractivity contribution in [1.29, 1.82) is 15.8 Å². The number of amides is 8. The van der Waals surface area contributed by atoms with Gasteiger partial charge in [0.05, 0.1) is 24.2 Å². The molecule has 9 aliphatic rings. The average Bonchev–Trinajstić information content (AvgIpc) is 2.19. The van der Waals surface area contributed by atoms with Crippen LogP contribution < -0.4 is 32.3 Å². The van der Waals surface area contributed by atoms with E-state index in [9.17, 15) is 58.8 Å². The first-order chi connectivity index (χ1) is 41.0. The van der Waals surface area contributed by atoms with Crippen LogP contribution in [-0.2, 0) is 48.0 Å². The van der Waals surface area contributed by atoms with Crippen molar-refractivity contribution in [2.24, 2.45) is 41.2 Å². The van der Waals surface area contributed by atoms with Crippen molar-refractivity contribution in [3.05, 3.63) is 70.6 Å². The lowest BCUT2D eigenvalue weighted by molar-refractivity contribution is -0.143. The highest BCUT2D eigenvalue weighted by Gasteiger charge is 2.43. The number of aromatic nitrogens is 3. The van der Waals surface area contributed by atoms with Gasteiger partial charge in [0.15, 0.2) is 0 Å². The van der Waals surface area contributed by atoms with Crippen LogP contribution in [0, 0.1) is 69.5 Å². The van der Waals surface area contributed by atoms with Crippen LogP contribution in [0.2, 0.25) is 0 Å². The van der Waals surface area contributed by atoms with E-state index >= 15 is 0 Å². The van der Waals surface area contributed by atoms with Gasteiger partial charge in [0.25, 0.3) is 17.7 Å². The van der Waals surface area contributed by atoms with E-state index in [4.69, 9.17) is 11.0 Å². The topological polar surface area (TPSA) is 388 Å². The minimum Gasteiger partial charge on any atom is -0.480 e. The maximum atomic E-state index is 13.1. The van der Waals surface area contributed by atoms with Gasteiger partial charge in [-0.25, -0.2) is 4.79 Å². The van der Waals surface area contributed by atoms with Crippen LogP contribution in [0.1, 0.15) is 144 Å². The van der Waals surface area contributed by atoms with Crippen molar-refractivity contribution < 1.29 is 48.3 Å². The Morgan fingerprint density at radius 1 is 0.512 bits per heavy atom. The van der Waals surface area contributed by atoms with Crippen molar-refractivity contribution in [2.75, 3.05) is 39.3 Å². The number of nitriles is 3. The number of halogens is 1. The van der Waals surface area contributed by atoms with Gasteiger partial charge >= 0.3 is 5.97 Å². The molecule has 8 amide bonds. The highest BCUT2D eigenvalue weighted by Crippen LogP contribution is 2.38. The molecule has 3 aliphatic carbocycles. The number of fused-ring (bicyclic) bond motifs is 3. The number of hydrogen-bond acceptors (Lipinski definition) is 13. The van der Waals surface area contributed by atoms with Gasteiger partial charge in [-0.15, -0.1) is 12.4 Å². The van der Waals surface area contributed by atoms with Gasteiger partial charge in [-0.05, 0) is 130 Å². The molecule has 11 N–H and O–H groups in total. The molecule has 3 saturated heterocycles. The molecule has 26 heteroatoms. The van der Waals surface area contributed by atoms with Gasteiger partial charge in [0.1, 0.15) is 47.3 Å². The second-order valence-electron chi connectivity index (χ2n) is 24.0. The molecule has 9 atom stereocenters. The molecular weight excluding hydrogens is 1130 g/mol. The van der Waals surface area contributed by atoms with E-state index < -0.39 is 42.2 Å². The van der Waals surface area contributed by atoms with Crippen LogP contribution >= 0.6 is 12.4 Å². The first-order valence-electron chi connectivity index (χ1n) is 30.1. The first-order valence-corrected chi connectivity index (χ1v) is 30.1. The van der Waals surface area contributed by atoms with E-state index in [0.717, 1.165) is 74.6 Å². The number of H-pyrrole nitrogens is 3. The van der Waals surface area contributed by atoms with Crippen molar-refractivity contribution >= 4 is 65.6 Å². The summed E-state index contributed by atoms with van der Waals surface area (Å²) in [6.07, 6.45) is 19.0. The number of hydrogen-bond donors (Lipinski definition) is 10. The molecule has 3 aromatic rings. The second kappa shape index (κ2) is 29.3. The number of aliphatic carboxylic acids is 1. The Morgan fingerprint density at radius 3 is 1.13 bits per heavy atom. The third-order valence-electron chi connectivity index (χ3n) is 17.7. The molecule has 0 bridgehead atoms. The van der Waals surface area contributed by atoms with Crippen LogP contribution in [0.3, 0.4) is 0 Å². The number of carbonyl (C=O) groups excluding carboxylic acids is 8. The summed E-state index contributed by atoms with van der Waals surface area (Å²) in [6.45, 7) is 3.45. The SMILES string of the molecule is Cl.N#C[C@@H](N)C[C@@H]1CCNC1=O.N#C[C@H](C[C@@H]1CCNC1=O)NC(=O)[C@@H](CC1CC1)N1CCc2cc[nH]c2C1=O.N#C[C@H](C[C@@H]1CCNC1=O)NC(=O)[C@H](CC1CC1)N1CCc2cc[nH]c2C1=O.O=C(O)[C@H](CC1CC1)N1CCc2cc[nH]c2C1=O. The number of carboxylic acid groups (broad SMARTS) is 1. The fourth-order valence-corrected chi connectivity index (χ4v) is 12.3. The Morgan fingerprint density at radius 2 is 0.837 bits per heavy atom. The van der Waals surface area contributed by atoms with Gasteiger partial charge in [0.2, 0.25) is 29.5 Å². The molecule has 6 fully saturated rings. The lowest BCUT2D eigenvalue weighted by Gasteiger charge is -2.34. The van der Waals surface area contributed by atoms with Crippen LogP contribution in [0.4, 0.5) is 0 Å². The molecule has 0 unspecified atom stereocenters. The molecule has 460 valence electrons. The standard InChI is InChI=1S/2C20H25N5O3.C13H16N2O3.C7H11N3O.ClH/c2*21-11-15(10-14-4-7-23-18(14)26)24-19(27)16(9-12-1-2-12)25-8-5-13-3-6-22-17(13)20(25)28;16-12-11-9(3-5-14-11)4-6-15(12)10(13(17)18)7-8-1-2-8;8-4-6(9)3-5-1-2-10-7(5)11;/h2*3,6,12,14-16,22H,1-2,4-5,7-10H2,(H,23,26)(H,24,27);3,5,8,10,14H,1-2,4,6-7H2,(H,17,18);5-6H,1-3,9H2,(H,10,11);1H/t14-,15-,16+;14-,15-,16-;10-;5-,6-;/m0000./s1. The van der Waals surface area contributed by atoms with E-state index in [0.29, 0.717) is 132 Å². The summed E-state index contributed by atoms with van der Waals surface area (Å²) in [5, 5.41) is 50.5. The van der Waals surface area contributed by atoms with Gasteiger partial charge in [-0.1, -0.05) is 38.5 Å². The summed E-state index contributed by atoms with van der Waals surface area (Å²) in [5.41, 5.74) is 10.00. The third kappa shape index (κ3) is 16.2. The Bertz CT molecular complexity index is 2970. The van der Waals surface area contributed by atoms with Crippen molar-refractivity contribution in [3.8, 4) is 18.2 Å².